The molecule has 0 aliphatic heterocycles. The van der Waals surface area contributed by atoms with Gasteiger partial charge in [0.25, 0.3) is 5.91 Å². The Kier molecular flexibility index (Phi) is 5.12. The average Bonchev–Trinajstić information content (AvgIpc) is 2.63. The molecular weight excluding hydrogens is 321 g/mol. The highest BCUT2D eigenvalue weighted by Gasteiger charge is 2.14. The summed E-state index contributed by atoms with van der Waals surface area (Å²) in [6.07, 6.45) is 6.16. The minimum atomic E-state index is 0.0361. The molecule has 15 heavy (non-hydrogen) atoms. The van der Waals surface area contributed by atoms with Gasteiger partial charge >= 0.3 is 0 Å². The maximum Gasteiger partial charge on any atom is 0.255 e. The van der Waals surface area contributed by atoms with Crippen LogP contribution in [0.2, 0.25) is 0 Å². The molecule has 0 spiro atoms. The molecule has 0 N–H and O–H groups in total. The van der Waals surface area contributed by atoms with Crippen LogP contribution >= 0.6 is 33.9 Å². The predicted octanol–water partition coefficient (Wildman–Crippen LogP) is 2.84. The second-order valence-corrected chi connectivity index (χ2v) is 5.88. The van der Waals surface area contributed by atoms with Gasteiger partial charge in [0.05, 0.1) is 15.0 Å². The number of hydrogen-bond donors (Lipinski definition) is 0. The van der Waals surface area contributed by atoms with E-state index >= 15 is 0 Å². The van der Waals surface area contributed by atoms with E-state index in [-0.39, 0.29) is 5.91 Å². The van der Waals surface area contributed by atoms with E-state index in [0.717, 1.165) is 21.4 Å². The molecular formula is C11H12INOS. The van der Waals surface area contributed by atoms with Gasteiger partial charge in [-0.1, -0.05) is 12.8 Å². The second kappa shape index (κ2) is 6.13. The Morgan fingerprint density at radius 2 is 2.47 bits per heavy atom. The molecule has 0 aromatic carbocycles. The quantitative estimate of drug-likeness (QED) is 0.613. The zero-order valence-electron chi connectivity index (χ0n) is 8.50. The summed E-state index contributed by atoms with van der Waals surface area (Å²) in [7, 11) is 0. The van der Waals surface area contributed by atoms with E-state index in [1.165, 1.54) is 0 Å². The van der Waals surface area contributed by atoms with Gasteiger partial charge in [0.1, 0.15) is 0 Å². The molecule has 80 valence electrons. The molecule has 2 nitrogen and oxygen atoms in total. The molecule has 1 aromatic heterocycles. The van der Waals surface area contributed by atoms with Crippen molar-refractivity contribution in [1.82, 2.24) is 4.90 Å². The highest BCUT2D eigenvalue weighted by molar-refractivity contribution is 14.1. The first-order valence-corrected chi connectivity index (χ1v) is 6.61. The molecule has 0 unspecified atom stereocenters. The number of terminal acetylenes is 1. The number of rotatable bonds is 4. The minimum Gasteiger partial charge on any atom is -0.327 e. The third-order valence-corrected chi connectivity index (χ3v) is 3.67. The van der Waals surface area contributed by atoms with Gasteiger partial charge in [-0.05, 0) is 35.1 Å². The molecule has 0 fully saturated rings. The Morgan fingerprint density at radius 1 is 1.73 bits per heavy atom. The van der Waals surface area contributed by atoms with Crippen LogP contribution in [0, 0.1) is 15.2 Å². The lowest BCUT2D eigenvalue weighted by Crippen LogP contribution is -2.31. The van der Waals surface area contributed by atoms with Crippen LogP contribution in [-0.2, 0) is 0 Å². The van der Waals surface area contributed by atoms with Crippen LogP contribution in [0.5, 0.6) is 0 Å². The van der Waals surface area contributed by atoms with Crippen molar-refractivity contribution in [2.75, 3.05) is 13.1 Å². The zero-order valence-corrected chi connectivity index (χ0v) is 11.5. The van der Waals surface area contributed by atoms with Crippen LogP contribution in [0.3, 0.4) is 0 Å². The van der Waals surface area contributed by atoms with E-state index < -0.39 is 0 Å². The van der Waals surface area contributed by atoms with Crippen LogP contribution < -0.4 is 0 Å². The van der Waals surface area contributed by atoms with Gasteiger partial charge in [0.2, 0.25) is 0 Å². The van der Waals surface area contributed by atoms with E-state index in [1.807, 2.05) is 18.4 Å². The minimum absolute atomic E-state index is 0.0361. The Bertz CT molecular complexity index is 380. The predicted molar refractivity (Wildman–Crippen MR) is 72.1 cm³/mol. The highest BCUT2D eigenvalue weighted by Crippen LogP contribution is 2.18. The first kappa shape index (κ1) is 12.5. The van der Waals surface area contributed by atoms with Crippen molar-refractivity contribution in [3.8, 4) is 12.3 Å². The summed E-state index contributed by atoms with van der Waals surface area (Å²) in [5, 5.41) is 1.88. The maximum atomic E-state index is 12.0. The fraction of sp³-hybridized carbons (Fsp3) is 0.364. The molecule has 0 saturated carbocycles. The van der Waals surface area contributed by atoms with Crippen molar-refractivity contribution in [2.24, 2.45) is 0 Å². The second-order valence-electron chi connectivity index (χ2n) is 3.07. The third-order valence-electron chi connectivity index (χ3n) is 1.88. The third kappa shape index (κ3) is 3.50. The molecule has 0 atom stereocenters. The number of halogens is 1. The van der Waals surface area contributed by atoms with Gasteiger partial charge in [-0.25, -0.2) is 0 Å². The molecule has 1 amide bonds. The summed E-state index contributed by atoms with van der Waals surface area (Å²) in [6, 6.07) is 1.90. The van der Waals surface area contributed by atoms with Gasteiger partial charge in [-0.15, -0.1) is 17.8 Å². The van der Waals surface area contributed by atoms with Crippen LogP contribution in [0.25, 0.3) is 0 Å². The molecule has 0 aliphatic rings. The summed E-state index contributed by atoms with van der Waals surface area (Å²) in [5.74, 6) is 2.55. The van der Waals surface area contributed by atoms with E-state index in [4.69, 9.17) is 6.42 Å². The molecule has 1 aromatic rings. The highest BCUT2D eigenvalue weighted by atomic mass is 127. The van der Waals surface area contributed by atoms with Crippen molar-refractivity contribution in [3.05, 3.63) is 19.9 Å². The summed E-state index contributed by atoms with van der Waals surface area (Å²) in [5.41, 5.74) is 0.744. The van der Waals surface area contributed by atoms with Crippen molar-refractivity contribution in [1.29, 1.82) is 0 Å². The zero-order chi connectivity index (χ0) is 11.3. The number of amides is 1. The van der Waals surface area contributed by atoms with E-state index in [0.29, 0.717) is 6.54 Å². The topological polar surface area (TPSA) is 20.3 Å². The lowest BCUT2D eigenvalue weighted by atomic mass is 10.3. The molecule has 1 rings (SSSR count). The largest absolute Gasteiger partial charge is 0.327 e. The van der Waals surface area contributed by atoms with Crippen LogP contribution in [0.15, 0.2) is 11.4 Å². The number of carbonyl (C=O) groups excluding carboxylic acids is 1. The Labute approximate surface area is 108 Å². The van der Waals surface area contributed by atoms with E-state index in [9.17, 15) is 4.79 Å². The number of thiophene rings is 1. The molecule has 0 radical (unpaired) electrons. The van der Waals surface area contributed by atoms with Crippen LogP contribution in [0.4, 0.5) is 0 Å². The number of carbonyl (C=O) groups is 1. The van der Waals surface area contributed by atoms with E-state index in [2.05, 4.69) is 28.5 Å². The molecule has 0 bridgehead atoms. The normalized spacial score (nSPS) is 9.67. The SMILES string of the molecule is C#CCN(CCC)C(=O)c1csc(I)c1. The first-order chi connectivity index (χ1) is 7.19. The van der Waals surface area contributed by atoms with Gasteiger partial charge in [-0.2, -0.15) is 0 Å². The maximum absolute atomic E-state index is 12.0. The smallest absolute Gasteiger partial charge is 0.255 e. The van der Waals surface area contributed by atoms with Crippen LogP contribution in [0.1, 0.15) is 23.7 Å². The van der Waals surface area contributed by atoms with Crippen molar-refractivity contribution in [3.63, 3.8) is 0 Å². The van der Waals surface area contributed by atoms with Gasteiger partial charge in [-0.3, -0.25) is 4.79 Å². The molecule has 0 aliphatic carbocycles. The molecule has 1 heterocycles. The Balaban J connectivity index is 2.76. The fourth-order valence-electron chi connectivity index (χ4n) is 1.24. The van der Waals surface area contributed by atoms with Crippen molar-refractivity contribution in [2.45, 2.75) is 13.3 Å². The van der Waals surface area contributed by atoms with Gasteiger partial charge in [0, 0.05) is 11.9 Å². The van der Waals surface area contributed by atoms with E-state index in [1.54, 1.807) is 16.2 Å². The monoisotopic (exact) mass is 333 g/mol. The summed E-state index contributed by atoms with van der Waals surface area (Å²) < 4.78 is 1.12. The molecule has 4 heteroatoms. The standard InChI is InChI=1S/C11H12INOS/c1-3-5-13(6-4-2)11(14)9-7-10(12)15-8-9/h1,7-8H,4-6H2,2H3. The van der Waals surface area contributed by atoms with Crippen LogP contribution in [-0.4, -0.2) is 23.9 Å². The Morgan fingerprint density at radius 3 is 2.93 bits per heavy atom. The summed E-state index contributed by atoms with van der Waals surface area (Å²) in [4.78, 5) is 13.7. The average molecular weight is 333 g/mol. The Hall–Kier alpha value is -0.540. The van der Waals surface area contributed by atoms with Crippen molar-refractivity contribution >= 4 is 39.8 Å². The lowest BCUT2D eigenvalue weighted by Gasteiger charge is -2.18. The first-order valence-electron chi connectivity index (χ1n) is 4.65. The lowest BCUT2D eigenvalue weighted by molar-refractivity contribution is 0.0777. The fourth-order valence-corrected chi connectivity index (χ4v) is 2.56. The van der Waals surface area contributed by atoms with Gasteiger partial charge < -0.3 is 4.90 Å². The number of nitrogens with zero attached hydrogens (tertiary/aromatic N) is 1. The van der Waals surface area contributed by atoms with Gasteiger partial charge in [0.15, 0.2) is 0 Å². The summed E-state index contributed by atoms with van der Waals surface area (Å²) >= 11 is 3.78. The number of hydrogen-bond acceptors (Lipinski definition) is 2. The summed E-state index contributed by atoms with van der Waals surface area (Å²) in [6.45, 7) is 3.14. The molecule has 0 saturated heterocycles. The van der Waals surface area contributed by atoms with Crippen molar-refractivity contribution < 1.29 is 4.79 Å².